The number of hydrogen-bond donors (Lipinski definition) is 1. The van der Waals surface area contributed by atoms with Gasteiger partial charge in [0.25, 0.3) is 0 Å². The van der Waals surface area contributed by atoms with E-state index in [0.717, 1.165) is 17.8 Å². The molecule has 1 aromatic heterocycles. The van der Waals surface area contributed by atoms with E-state index in [0.29, 0.717) is 4.99 Å². The highest BCUT2D eigenvalue weighted by Crippen LogP contribution is 2.20. The molecule has 1 aromatic carbocycles. The number of nitrogens with zero attached hydrogens (tertiary/aromatic N) is 2. The molecule has 0 aliphatic rings. The van der Waals surface area contributed by atoms with E-state index in [9.17, 15) is 0 Å². The molecule has 1 heterocycles. The van der Waals surface area contributed by atoms with Gasteiger partial charge in [0.05, 0.1) is 11.9 Å². The first-order chi connectivity index (χ1) is 9.09. The van der Waals surface area contributed by atoms with Crippen LogP contribution in [-0.4, -0.2) is 17.0 Å². The Balaban J connectivity index is 2.28. The molecule has 0 saturated heterocycles. The molecule has 0 unspecified atom stereocenters. The molecule has 2 N–H and O–H groups in total. The summed E-state index contributed by atoms with van der Waals surface area (Å²) in [6, 6.07) is 10.2. The third kappa shape index (κ3) is 3.09. The molecule has 0 aliphatic carbocycles. The van der Waals surface area contributed by atoms with Gasteiger partial charge in [0.2, 0.25) is 0 Å². The van der Waals surface area contributed by atoms with E-state index in [1.54, 1.807) is 12.4 Å². The topological polar surface area (TPSA) is 42.2 Å². The number of nitrogens with two attached hydrogens (primary N) is 1. The lowest BCUT2D eigenvalue weighted by Crippen LogP contribution is -2.22. The Labute approximate surface area is 119 Å². The molecule has 0 spiro atoms. The van der Waals surface area contributed by atoms with Gasteiger partial charge in [0.1, 0.15) is 4.99 Å². The largest absolute Gasteiger partial charge is 0.389 e. The summed E-state index contributed by atoms with van der Waals surface area (Å²) in [5, 5.41) is 0. The van der Waals surface area contributed by atoms with Gasteiger partial charge in [-0.2, -0.15) is 0 Å². The fourth-order valence-corrected chi connectivity index (χ4v) is 2.20. The van der Waals surface area contributed by atoms with Gasteiger partial charge >= 0.3 is 0 Å². The van der Waals surface area contributed by atoms with Gasteiger partial charge in [-0.3, -0.25) is 4.98 Å². The molecule has 19 heavy (non-hydrogen) atoms. The van der Waals surface area contributed by atoms with Crippen LogP contribution >= 0.6 is 12.2 Å². The lowest BCUT2D eigenvalue weighted by molar-refractivity contribution is 0.908. The van der Waals surface area contributed by atoms with Crippen LogP contribution in [0.4, 0.5) is 5.69 Å². The third-order valence-electron chi connectivity index (χ3n) is 3.15. The number of rotatable bonds is 4. The van der Waals surface area contributed by atoms with Crippen LogP contribution < -0.4 is 10.6 Å². The average Bonchev–Trinajstić information content (AvgIpc) is 2.41. The molecule has 2 aromatic rings. The van der Waals surface area contributed by atoms with E-state index in [4.69, 9.17) is 18.0 Å². The predicted octanol–water partition coefficient (Wildman–Crippen LogP) is 2.66. The summed E-state index contributed by atoms with van der Waals surface area (Å²) in [5.41, 5.74) is 10.1. The van der Waals surface area contributed by atoms with Gasteiger partial charge in [-0.05, 0) is 24.1 Å². The van der Waals surface area contributed by atoms with E-state index in [1.165, 1.54) is 11.1 Å². The zero-order valence-corrected chi connectivity index (χ0v) is 11.9. The van der Waals surface area contributed by atoms with Crippen molar-refractivity contribution in [2.75, 3.05) is 11.9 Å². The van der Waals surface area contributed by atoms with Crippen molar-refractivity contribution in [3.8, 4) is 0 Å². The van der Waals surface area contributed by atoms with Crippen molar-refractivity contribution in [1.82, 2.24) is 4.98 Å². The molecule has 0 atom stereocenters. The number of aryl methyl sites for hydroxylation is 1. The molecule has 98 valence electrons. The summed E-state index contributed by atoms with van der Waals surface area (Å²) >= 11 is 5.08. The fourth-order valence-electron chi connectivity index (χ4n) is 2.03. The van der Waals surface area contributed by atoms with Crippen molar-refractivity contribution in [1.29, 1.82) is 0 Å². The van der Waals surface area contributed by atoms with Crippen molar-refractivity contribution < 1.29 is 0 Å². The minimum atomic E-state index is 0.397. The van der Waals surface area contributed by atoms with Crippen LogP contribution in [0.15, 0.2) is 42.7 Å². The third-order valence-corrected chi connectivity index (χ3v) is 3.37. The van der Waals surface area contributed by atoms with E-state index in [-0.39, 0.29) is 0 Å². The average molecular weight is 271 g/mol. The molecular weight excluding hydrogens is 254 g/mol. The summed E-state index contributed by atoms with van der Waals surface area (Å²) in [4.78, 5) is 6.67. The van der Waals surface area contributed by atoms with Crippen LogP contribution in [0.2, 0.25) is 0 Å². The van der Waals surface area contributed by atoms with Gasteiger partial charge in [-0.25, -0.2) is 0 Å². The Hall–Kier alpha value is -1.94. The Morgan fingerprint density at radius 2 is 2.05 bits per heavy atom. The molecule has 0 saturated carbocycles. The highest BCUT2D eigenvalue weighted by molar-refractivity contribution is 7.80. The Kier molecular flexibility index (Phi) is 4.12. The highest BCUT2D eigenvalue weighted by atomic mass is 32.1. The van der Waals surface area contributed by atoms with Gasteiger partial charge in [-0.1, -0.05) is 36.5 Å². The van der Waals surface area contributed by atoms with Crippen molar-refractivity contribution in [2.24, 2.45) is 5.73 Å². The Morgan fingerprint density at radius 3 is 2.74 bits per heavy atom. The molecule has 0 aliphatic heterocycles. The number of benzene rings is 1. The van der Waals surface area contributed by atoms with Crippen molar-refractivity contribution in [2.45, 2.75) is 13.5 Å². The quantitative estimate of drug-likeness (QED) is 0.868. The fraction of sp³-hybridized carbons (Fsp3) is 0.200. The van der Waals surface area contributed by atoms with E-state index >= 15 is 0 Å². The number of hydrogen-bond acceptors (Lipinski definition) is 3. The molecule has 0 amide bonds. The number of anilines is 1. The first kappa shape index (κ1) is 13.5. The normalized spacial score (nSPS) is 10.2. The minimum absolute atomic E-state index is 0.397. The molecule has 2 rings (SSSR count). The van der Waals surface area contributed by atoms with Crippen molar-refractivity contribution in [3.05, 3.63) is 59.4 Å². The molecular formula is C15H17N3S. The first-order valence-electron chi connectivity index (χ1n) is 6.09. The van der Waals surface area contributed by atoms with Gasteiger partial charge in [-0.15, -0.1) is 0 Å². The SMILES string of the molecule is Cc1ccccc1CN(C)c1cnccc1C(N)=S. The Bertz CT molecular complexity index is 595. The summed E-state index contributed by atoms with van der Waals surface area (Å²) in [6.45, 7) is 2.91. The van der Waals surface area contributed by atoms with Crippen LogP contribution in [0, 0.1) is 6.92 Å². The molecule has 0 fully saturated rings. The zero-order valence-electron chi connectivity index (χ0n) is 11.1. The summed E-state index contributed by atoms with van der Waals surface area (Å²) in [6.07, 6.45) is 3.51. The second kappa shape index (κ2) is 5.80. The van der Waals surface area contributed by atoms with Crippen molar-refractivity contribution in [3.63, 3.8) is 0 Å². The number of thiocarbonyl (C=S) groups is 1. The Morgan fingerprint density at radius 1 is 1.32 bits per heavy atom. The van der Waals surface area contributed by atoms with Gasteiger partial charge < -0.3 is 10.6 Å². The smallest absolute Gasteiger partial charge is 0.106 e. The van der Waals surface area contributed by atoms with Crippen molar-refractivity contribution >= 4 is 22.9 Å². The lowest BCUT2D eigenvalue weighted by atomic mass is 10.1. The van der Waals surface area contributed by atoms with E-state index in [1.807, 2.05) is 25.2 Å². The molecule has 0 bridgehead atoms. The van der Waals surface area contributed by atoms with E-state index in [2.05, 4.69) is 28.9 Å². The number of aromatic nitrogens is 1. The predicted molar refractivity (Wildman–Crippen MR) is 83.4 cm³/mol. The highest BCUT2D eigenvalue weighted by Gasteiger charge is 2.10. The summed E-state index contributed by atoms with van der Waals surface area (Å²) in [7, 11) is 2.02. The summed E-state index contributed by atoms with van der Waals surface area (Å²) in [5.74, 6) is 0. The minimum Gasteiger partial charge on any atom is -0.389 e. The van der Waals surface area contributed by atoms with Crippen LogP contribution in [0.3, 0.4) is 0 Å². The first-order valence-corrected chi connectivity index (χ1v) is 6.50. The second-order valence-electron chi connectivity index (χ2n) is 4.54. The van der Waals surface area contributed by atoms with Gasteiger partial charge in [0, 0.05) is 25.4 Å². The second-order valence-corrected chi connectivity index (χ2v) is 4.98. The van der Waals surface area contributed by atoms with Crippen LogP contribution in [0.1, 0.15) is 16.7 Å². The van der Waals surface area contributed by atoms with Crippen LogP contribution in [0.5, 0.6) is 0 Å². The number of pyridine rings is 1. The van der Waals surface area contributed by atoms with Crippen LogP contribution in [0.25, 0.3) is 0 Å². The standard InChI is InChI=1S/C15H17N3S/c1-11-5-3-4-6-12(11)10-18(2)14-9-17-8-7-13(14)15(16)19/h3-9H,10H2,1-2H3,(H2,16,19). The summed E-state index contributed by atoms with van der Waals surface area (Å²) < 4.78 is 0. The maximum atomic E-state index is 5.75. The maximum absolute atomic E-state index is 5.75. The van der Waals surface area contributed by atoms with E-state index < -0.39 is 0 Å². The van der Waals surface area contributed by atoms with Crippen LogP contribution in [-0.2, 0) is 6.54 Å². The lowest BCUT2D eigenvalue weighted by Gasteiger charge is -2.22. The molecule has 4 heteroatoms. The maximum Gasteiger partial charge on any atom is 0.106 e. The monoisotopic (exact) mass is 271 g/mol. The molecule has 3 nitrogen and oxygen atoms in total. The molecule has 0 radical (unpaired) electrons. The zero-order chi connectivity index (χ0) is 13.8. The van der Waals surface area contributed by atoms with Gasteiger partial charge in [0.15, 0.2) is 0 Å².